The predicted molar refractivity (Wildman–Crippen MR) is 147 cm³/mol. The van der Waals surface area contributed by atoms with E-state index in [9.17, 15) is 0 Å². The number of rotatable bonds is 6. The lowest BCUT2D eigenvalue weighted by molar-refractivity contribution is 0.408. The minimum atomic E-state index is -3.24. The van der Waals surface area contributed by atoms with Gasteiger partial charge in [0, 0.05) is 25.0 Å². The summed E-state index contributed by atoms with van der Waals surface area (Å²) in [5.74, 6) is 2.48. The van der Waals surface area contributed by atoms with E-state index in [1.807, 2.05) is 71.9 Å². The molecule has 0 aliphatic heterocycles. The Morgan fingerprint density at radius 3 is 1.27 bits per heavy atom. The van der Waals surface area contributed by atoms with Crippen molar-refractivity contribution < 1.29 is 18.8 Å². The van der Waals surface area contributed by atoms with E-state index in [-0.39, 0.29) is 0 Å². The standard InChI is InChI=1S/C27H32IO4P/c1-15-10-21(11-16(2)25(15)30-7)33(29,22-12-17(3)26(31-8)18(4)13-22)23-14-19(5)27(32-9)20(6)24(23)28/h10-14H,1-9H3. The van der Waals surface area contributed by atoms with Gasteiger partial charge in [-0.1, -0.05) is 0 Å². The highest BCUT2D eigenvalue weighted by atomic mass is 127. The summed E-state index contributed by atoms with van der Waals surface area (Å²) < 4.78 is 33.2. The van der Waals surface area contributed by atoms with Crippen LogP contribution in [0.25, 0.3) is 0 Å². The summed E-state index contributed by atoms with van der Waals surface area (Å²) in [4.78, 5) is 0. The van der Waals surface area contributed by atoms with Gasteiger partial charge in [0.25, 0.3) is 0 Å². The zero-order valence-corrected chi connectivity index (χ0v) is 23.9. The first-order valence-corrected chi connectivity index (χ1v) is 13.6. The highest BCUT2D eigenvalue weighted by Gasteiger charge is 2.35. The van der Waals surface area contributed by atoms with Gasteiger partial charge < -0.3 is 18.8 Å². The maximum Gasteiger partial charge on any atom is 0.172 e. The maximum absolute atomic E-state index is 15.4. The van der Waals surface area contributed by atoms with Crippen molar-refractivity contribution in [2.75, 3.05) is 21.3 Å². The first-order chi connectivity index (χ1) is 15.5. The van der Waals surface area contributed by atoms with Crippen molar-refractivity contribution >= 4 is 45.6 Å². The summed E-state index contributed by atoms with van der Waals surface area (Å²) in [6.45, 7) is 12.0. The summed E-state index contributed by atoms with van der Waals surface area (Å²) in [5, 5.41) is 2.42. The average molecular weight is 578 g/mol. The molecule has 0 amide bonds. The lowest BCUT2D eigenvalue weighted by Crippen LogP contribution is -2.29. The first kappa shape index (κ1) is 25.6. The van der Waals surface area contributed by atoms with Crippen molar-refractivity contribution in [1.82, 2.24) is 0 Å². The molecule has 3 aromatic carbocycles. The molecule has 0 aromatic heterocycles. The first-order valence-electron chi connectivity index (χ1n) is 10.8. The van der Waals surface area contributed by atoms with Crippen LogP contribution in [0.1, 0.15) is 33.4 Å². The van der Waals surface area contributed by atoms with Crippen LogP contribution in [0.3, 0.4) is 0 Å². The van der Waals surface area contributed by atoms with Crippen LogP contribution >= 0.6 is 29.7 Å². The van der Waals surface area contributed by atoms with E-state index in [1.54, 1.807) is 21.3 Å². The Morgan fingerprint density at radius 2 is 0.939 bits per heavy atom. The molecule has 0 unspecified atom stereocenters. The Bertz CT molecular complexity index is 1170. The number of halogens is 1. The summed E-state index contributed by atoms with van der Waals surface area (Å²) in [7, 11) is 1.78. The Labute approximate surface area is 211 Å². The molecule has 0 bridgehead atoms. The number of hydrogen-bond donors (Lipinski definition) is 0. The molecule has 3 aromatic rings. The number of methoxy groups -OCH3 is 3. The zero-order valence-electron chi connectivity index (χ0n) is 20.8. The molecule has 0 heterocycles. The molecule has 4 nitrogen and oxygen atoms in total. The van der Waals surface area contributed by atoms with E-state index in [2.05, 4.69) is 22.6 Å². The van der Waals surface area contributed by atoms with E-state index in [0.717, 1.165) is 70.1 Å². The molecule has 0 saturated heterocycles. The molecule has 0 saturated carbocycles. The van der Waals surface area contributed by atoms with Gasteiger partial charge in [0.05, 0.1) is 21.3 Å². The van der Waals surface area contributed by atoms with Crippen LogP contribution in [-0.2, 0) is 4.57 Å². The summed E-state index contributed by atoms with van der Waals surface area (Å²) in [5.41, 5.74) is 5.82. The summed E-state index contributed by atoms with van der Waals surface area (Å²) in [6, 6.07) is 10.1. The molecule has 3 rings (SSSR count). The quantitative estimate of drug-likeness (QED) is 0.274. The van der Waals surface area contributed by atoms with Crippen molar-refractivity contribution in [1.29, 1.82) is 0 Å². The van der Waals surface area contributed by atoms with Crippen molar-refractivity contribution in [3.8, 4) is 17.2 Å². The second kappa shape index (κ2) is 9.71. The molecular formula is C27H32IO4P. The lowest BCUT2D eigenvalue weighted by atomic mass is 10.1. The number of hydrogen-bond acceptors (Lipinski definition) is 4. The highest BCUT2D eigenvalue weighted by molar-refractivity contribution is 14.1. The smallest absolute Gasteiger partial charge is 0.172 e. The minimum absolute atomic E-state index is 0.796. The normalized spacial score (nSPS) is 11.5. The van der Waals surface area contributed by atoms with Crippen LogP contribution in [0.15, 0.2) is 30.3 Å². The molecular weight excluding hydrogens is 546 g/mol. The molecule has 0 aliphatic carbocycles. The third kappa shape index (κ3) is 4.30. The Morgan fingerprint density at radius 1 is 0.606 bits per heavy atom. The van der Waals surface area contributed by atoms with Crippen molar-refractivity contribution in [2.24, 2.45) is 0 Å². The van der Waals surface area contributed by atoms with Gasteiger partial charge in [-0.15, -0.1) is 0 Å². The van der Waals surface area contributed by atoms with Crippen molar-refractivity contribution in [3.05, 3.63) is 67.3 Å². The van der Waals surface area contributed by atoms with Crippen LogP contribution in [0.5, 0.6) is 17.2 Å². The van der Waals surface area contributed by atoms with Crippen molar-refractivity contribution in [3.63, 3.8) is 0 Å². The summed E-state index contributed by atoms with van der Waals surface area (Å²) in [6.07, 6.45) is 0. The molecule has 0 radical (unpaired) electrons. The van der Waals surface area contributed by atoms with Crippen LogP contribution in [0.2, 0.25) is 0 Å². The van der Waals surface area contributed by atoms with Gasteiger partial charge in [0.15, 0.2) is 7.14 Å². The Kier molecular flexibility index (Phi) is 7.55. The number of ether oxygens (including phenoxy) is 3. The fourth-order valence-electron chi connectivity index (χ4n) is 4.75. The molecule has 0 atom stereocenters. The van der Waals surface area contributed by atoms with Crippen LogP contribution < -0.4 is 30.1 Å². The van der Waals surface area contributed by atoms with E-state index < -0.39 is 7.14 Å². The van der Waals surface area contributed by atoms with Gasteiger partial charge in [0.2, 0.25) is 0 Å². The topological polar surface area (TPSA) is 44.8 Å². The maximum atomic E-state index is 15.4. The van der Waals surface area contributed by atoms with Crippen molar-refractivity contribution in [2.45, 2.75) is 41.5 Å². The third-order valence-corrected chi connectivity index (χ3v) is 11.0. The fraction of sp³-hybridized carbons (Fsp3) is 0.333. The molecule has 0 N–H and O–H groups in total. The fourth-order valence-corrected chi connectivity index (χ4v) is 9.35. The molecule has 0 spiro atoms. The molecule has 6 heteroatoms. The average Bonchev–Trinajstić information content (AvgIpc) is 2.75. The predicted octanol–water partition coefficient (Wildman–Crippen LogP) is 5.81. The SMILES string of the molecule is COc1c(C)cc(P(=O)(c2cc(C)c(OC)c(C)c2)c2cc(C)c(OC)c(C)c2I)cc1C. The zero-order chi connectivity index (χ0) is 24.7. The van der Waals surface area contributed by atoms with Crippen LogP contribution in [0, 0.1) is 45.1 Å². The second-order valence-corrected chi connectivity index (χ2v) is 12.3. The monoisotopic (exact) mass is 578 g/mol. The Hall–Kier alpha value is -1.98. The van der Waals surface area contributed by atoms with E-state index in [1.165, 1.54) is 0 Å². The Balaban J connectivity index is 2.48. The molecule has 33 heavy (non-hydrogen) atoms. The number of aryl methyl sites for hydroxylation is 5. The van der Waals surface area contributed by atoms with E-state index >= 15 is 4.57 Å². The van der Waals surface area contributed by atoms with Gasteiger partial charge in [-0.2, -0.15) is 0 Å². The van der Waals surface area contributed by atoms with Gasteiger partial charge in [-0.25, -0.2) is 0 Å². The van der Waals surface area contributed by atoms with Crippen LogP contribution in [0.4, 0.5) is 0 Å². The van der Waals surface area contributed by atoms with Gasteiger partial charge in [0.1, 0.15) is 17.2 Å². The van der Waals surface area contributed by atoms with Crippen LogP contribution in [-0.4, -0.2) is 21.3 Å². The van der Waals surface area contributed by atoms with E-state index in [4.69, 9.17) is 14.2 Å². The van der Waals surface area contributed by atoms with E-state index in [0.29, 0.717) is 0 Å². The largest absolute Gasteiger partial charge is 0.496 e. The van der Waals surface area contributed by atoms with Gasteiger partial charge in [-0.3, -0.25) is 0 Å². The number of benzene rings is 3. The van der Waals surface area contributed by atoms with Gasteiger partial charge in [-0.05, 0) is 122 Å². The molecule has 176 valence electrons. The minimum Gasteiger partial charge on any atom is -0.496 e. The lowest BCUT2D eigenvalue weighted by Gasteiger charge is -2.26. The van der Waals surface area contributed by atoms with Gasteiger partial charge >= 0.3 is 0 Å². The molecule has 0 aliphatic rings. The molecule has 0 fully saturated rings. The highest BCUT2D eigenvalue weighted by Crippen LogP contribution is 2.47. The second-order valence-electron chi connectivity index (χ2n) is 8.52. The summed E-state index contributed by atoms with van der Waals surface area (Å²) >= 11 is 2.31. The third-order valence-electron chi connectivity index (χ3n) is 6.18.